The summed E-state index contributed by atoms with van der Waals surface area (Å²) in [6, 6.07) is 6.43. The van der Waals surface area contributed by atoms with Crippen LogP contribution in [0.3, 0.4) is 0 Å². The van der Waals surface area contributed by atoms with Gasteiger partial charge in [0.15, 0.2) is 9.84 Å². The van der Waals surface area contributed by atoms with Gasteiger partial charge in [0.2, 0.25) is 0 Å². The van der Waals surface area contributed by atoms with Gasteiger partial charge in [-0.05, 0) is 19.1 Å². The molecule has 1 rings (SSSR count). The molecule has 0 spiro atoms. The standard InChI is InChI=1S/C10H14O4S/c1-2-14-9-5-3-4-6-10(9)15(12,13)8-7-11/h3-6,11H,2,7-8H2,1H3. The number of hydrogen-bond acceptors (Lipinski definition) is 4. The van der Waals surface area contributed by atoms with E-state index in [9.17, 15) is 8.42 Å². The molecule has 0 aliphatic carbocycles. The van der Waals surface area contributed by atoms with E-state index in [-0.39, 0.29) is 17.3 Å². The van der Waals surface area contributed by atoms with Gasteiger partial charge in [-0.2, -0.15) is 0 Å². The quantitative estimate of drug-likeness (QED) is 0.814. The van der Waals surface area contributed by atoms with Gasteiger partial charge in [-0.3, -0.25) is 0 Å². The van der Waals surface area contributed by atoms with Crippen molar-refractivity contribution in [3.8, 4) is 5.75 Å². The second-order valence-corrected chi connectivity index (χ2v) is 5.00. The number of ether oxygens (including phenoxy) is 1. The third-order valence-electron chi connectivity index (χ3n) is 1.84. The second kappa shape index (κ2) is 5.14. The molecule has 0 aromatic heterocycles. The van der Waals surface area contributed by atoms with Crippen LogP contribution in [0.15, 0.2) is 29.2 Å². The Balaban J connectivity index is 3.12. The number of hydrogen-bond donors (Lipinski definition) is 1. The Morgan fingerprint density at radius 2 is 2.00 bits per heavy atom. The number of aliphatic hydroxyl groups excluding tert-OH is 1. The summed E-state index contributed by atoms with van der Waals surface area (Å²) in [5, 5.41) is 8.66. The molecule has 0 unspecified atom stereocenters. The summed E-state index contributed by atoms with van der Waals surface area (Å²) in [5.74, 6) is 0.0605. The molecule has 0 atom stereocenters. The second-order valence-electron chi connectivity index (χ2n) is 2.92. The Hall–Kier alpha value is -1.07. The van der Waals surface area contributed by atoms with Gasteiger partial charge in [0, 0.05) is 0 Å². The van der Waals surface area contributed by atoms with E-state index >= 15 is 0 Å². The minimum atomic E-state index is -3.44. The highest BCUT2D eigenvalue weighted by molar-refractivity contribution is 7.91. The third-order valence-corrected chi connectivity index (χ3v) is 3.57. The Morgan fingerprint density at radius 1 is 1.33 bits per heavy atom. The van der Waals surface area contributed by atoms with E-state index in [1.165, 1.54) is 6.07 Å². The van der Waals surface area contributed by atoms with Crippen LogP contribution in [0, 0.1) is 0 Å². The predicted octanol–water partition coefficient (Wildman–Crippen LogP) is 0.851. The average molecular weight is 230 g/mol. The zero-order valence-corrected chi connectivity index (χ0v) is 9.33. The van der Waals surface area contributed by atoms with Crippen molar-refractivity contribution >= 4 is 9.84 Å². The molecular formula is C10H14O4S. The summed E-state index contributed by atoms with van der Waals surface area (Å²) in [6.45, 7) is 1.81. The van der Waals surface area contributed by atoms with Crippen molar-refractivity contribution in [2.24, 2.45) is 0 Å². The Bertz CT molecular complexity index is 411. The monoisotopic (exact) mass is 230 g/mol. The molecule has 0 saturated carbocycles. The molecule has 5 heteroatoms. The molecule has 4 nitrogen and oxygen atoms in total. The first-order chi connectivity index (χ1) is 7.11. The molecule has 0 radical (unpaired) electrons. The molecule has 0 heterocycles. The summed E-state index contributed by atoms with van der Waals surface area (Å²) >= 11 is 0. The van der Waals surface area contributed by atoms with E-state index in [1.807, 2.05) is 0 Å². The van der Waals surface area contributed by atoms with Crippen molar-refractivity contribution in [1.29, 1.82) is 0 Å². The van der Waals surface area contributed by atoms with Gasteiger partial charge in [0.05, 0.1) is 19.0 Å². The number of benzene rings is 1. The van der Waals surface area contributed by atoms with Crippen molar-refractivity contribution in [1.82, 2.24) is 0 Å². The van der Waals surface area contributed by atoms with E-state index < -0.39 is 9.84 Å². The first-order valence-electron chi connectivity index (χ1n) is 4.67. The third kappa shape index (κ3) is 2.94. The Morgan fingerprint density at radius 3 is 2.60 bits per heavy atom. The maximum Gasteiger partial charge on any atom is 0.184 e. The lowest BCUT2D eigenvalue weighted by Gasteiger charge is -2.09. The molecular weight excluding hydrogens is 216 g/mol. The summed E-state index contributed by atoms with van der Waals surface area (Å²) in [6.07, 6.45) is 0. The molecule has 1 aromatic rings. The summed E-state index contributed by atoms with van der Waals surface area (Å²) in [5.41, 5.74) is 0. The number of sulfone groups is 1. The number of aliphatic hydroxyl groups is 1. The largest absolute Gasteiger partial charge is 0.493 e. The average Bonchev–Trinajstić information content (AvgIpc) is 2.19. The van der Waals surface area contributed by atoms with Crippen LogP contribution < -0.4 is 4.74 Å². The molecule has 0 amide bonds. The first-order valence-corrected chi connectivity index (χ1v) is 6.32. The van der Waals surface area contributed by atoms with Crippen molar-refractivity contribution in [2.75, 3.05) is 19.0 Å². The lowest BCUT2D eigenvalue weighted by molar-refractivity contribution is 0.318. The minimum absolute atomic E-state index is 0.140. The van der Waals surface area contributed by atoms with E-state index in [0.29, 0.717) is 12.4 Å². The van der Waals surface area contributed by atoms with Gasteiger partial charge in [-0.1, -0.05) is 12.1 Å². The van der Waals surface area contributed by atoms with Crippen LogP contribution in [0.5, 0.6) is 5.75 Å². The van der Waals surface area contributed by atoms with Crippen molar-refractivity contribution in [2.45, 2.75) is 11.8 Å². The highest BCUT2D eigenvalue weighted by Gasteiger charge is 2.18. The van der Waals surface area contributed by atoms with E-state index in [0.717, 1.165) is 0 Å². The lowest BCUT2D eigenvalue weighted by Crippen LogP contribution is -2.11. The molecule has 84 valence electrons. The Labute approximate surface area is 89.4 Å². The lowest BCUT2D eigenvalue weighted by atomic mass is 10.3. The normalized spacial score (nSPS) is 11.3. The smallest absolute Gasteiger partial charge is 0.184 e. The van der Waals surface area contributed by atoms with Crippen LogP contribution >= 0.6 is 0 Å². The van der Waals surface area contributed by atoms with E-state index in [2.05, 4.69) is 0 Å². The van der Waals surface area contributed by atoms with E-state index in [4.69, 9.17) is 9.84 Å². The number of rotatable bonds is 5. The zero-order chi connectivity index (χ0) is 11.3. The van der Waals surface area contributed by atoms with Gasteiger partial charge in [-0.15, -0.1) is 0 Å². The molecule has 0 saturated heterocycles. The maximum absolute atomic E-state index is 11.7. The molecule has 1 aromatic carbocycles. The fraction of sp³-hybridized carbons (Fsp3) is 0.400. The summed E-state index contributed by atoms with van der Waals surface area (Å²) in [4.78, 5) is 0.140. The van der Waals surface area contributed by atoms with Crippen LogP contribution in [0.2, 0.25) is 0 Å². The molecule has 0 fully saturated rings. The van der Waals surface area contributed by atoms with Crippen molar-refractivity contribution in [3.05, 3.63) is 24.3 Å². The van der Waals surface area contributed by atoms with Crippen LogP contribution in [-0.2, 0) is 9.84 Å². The van der Waals surface area contributed by atoms with Gasteiger partial charge in [0.25, 0.3) is 0 Å². The molecule has 15 heavy (non-hydrogen) atoms. The SMILES string of the molecule is CCOc1ccccc1S(=O)(=O)CCO. The highest BCUT2D eigenvalue weighted by Crippen LogP contribution is 2.24. The first kappa shape index (κ1) is 12.0. The van der Waals surface area contributed by atoms with E-state index in [1.54, 1.807) is 25.1 Å². The Kier molecular flexibility index (Phi) is 4.11. The maximum atomic E-state index is 11.7. The molecule has 1 N–H and O–H groups in total. The number of para-hydroxylation sites is 1. The fourth-order valence-corrected chi connectivity index (χ4v) is 2.39. The van der Waals surface area contributed by atoms with Gasteiger partial charge < -0.3 is 9.84 Å². The molecule has 0 aliphatic rings. The van der Waals surface area contributed by atoms with Crippen LogP contribution in [0.1, 0.15) is 6.92 Å². The van der Waals surface area contributed by atoms with Gasteiger partial charge in [0.1, 0.15) is 10.6 Å². The van der Waals surface area contributed by atoms with Crippen molar-refractivity contribution in [3.63, 3.8) is 0 Å². The molecule has 0 bridgehead atoms. The van der Waals surface area contributed by atoms with Crippen LogP contribution in [0.25, 0.3) is 0 Å². The van der Waals surface area contributed by atoms with Crippen LogP contribution in [-0.4, -0.2) is 32.5 Å². The highest BCUT2D eigenvalue weighted by atomic mass is 32.2. The van der Waals surface area contributed by atoms with Crippen molar-refractivity contribution < 1.29 is 18.3 Å². The zero-order valence-electron chi connectivity index (χ0n) is 8.51. The van der Waals surface area contributed by atoms with Crippen LogP contribution in [0.4, 0.5) is 0 Å². The molecule has 0 aliphatic heterocycles. The summed E-state index contributed by atoms with van der Waals surface area (Å²) in [7, 11) is -3.44. The van der Waals surface area contributed by atoms with Gasteiger partial charge in [-0.25, -0.2) is 8.42 Å². The summed E-state index contributed by atoms with van der Waals surface area (Å²) < 4.78 is 28.6. The minimum Gasteiger partial charge on any atom is -0.493 e. The predicted molar refractivity (Wildman–Crippen MR) is 56.7 cm³/mol. The topological polar surface area (TPSA) is 63.6 Å². The van der Waals surface area contributed by atoms with Gasteiger partial charge >= 0.3 is 0 Å². The fourth-order valence-electron chi connectivity index (χ4n) is 1.21.